The Morgan fingerprint density at radius 2 is 1.71 bits per heavy atom. The van der Waals surface area contributed by atoms with Crippen LogP contribution in [0.1, 0.15) is 28.4 Å². The zero-order valence-electron chi connectivity index (χ0n) is 16.5. The Bertz CT molecular complexity index is 1030. The highest BCUT2D eigenvalue weighted by molar-refractivity contribution is 6.39. The Labute approximate surface area is 164 Å². The fraction of sp³-hybridized carbons (Fsp3) is 0.273. The monoisotopic (exact) mass is 379 g/mol. The van der Waals surface area contributed by atoms with Crippen LogP contribution in [0.5, 0.6) is 0 Å². The van der Waals surface area contributed by atoms with E-state index in [9.17, 15) is 14.7 Å². The fourth-order valence-corrected chi connectivity index (χ4v) is 3.44. The molecule has 28 heavy (non-hydrogen) atoms. The Hall–Kier alpha value is -3.12. The van der Waals surface area contributed by atoms with E-state index in [2.05, 4.69) is 10.6 Å². The quantitative estimate of drug-likeness (QED) is 0.610. The van der Waals surface area contributed by atoms with Crippen LogP contribution < -0.4 is 10.6 Å². The Morgan fingerprint density at radius 1 is 1.04 bits per heavy atom. The molecule has 2 amide bonds. The SMILES string of the molecule is Cc1cc(C)c(NC(=O)C(=O)NCC(O)c2ccc3c(ccn3C)c2)c(C)c1. The zero-order chi connectivity index (χ0) is 20.4. The van der Waals surface area contributed by atoms with Gasteiger partial charge >= 0.3 is 11.8 Å². The molecule has 2 aromatic carbocycles. The van der Waals surface area contributed by atoms with Crippen LogP contribution in [-0.2, 0) is 16.6 Å². The third kappa shape index (κ3) is 4.07. The van der Waals surface area contributed by atoms with E-state index in [4.69, 9.17) is 0 Å². The summed E-state index contributed by atoms with van der Waals surface area (Å²) < 4.78 is 1.99. The first kappa shape index (κ1) is 19.6. The van der Waals surface area contributed by atoms with E-state index < -0.39 is 17.9 Å². The smallest absolute Gasteiger partial charge is 0.313 e. The second-order valence-corrected chi connectivity index (χ2v) is 7.20. The van der Waals surface area contributed by atoms with Crippen LogP contribution >= 0.6 is 0 Å². The van der Waals surface area contributed by atoms with Crippen molar-refractivity contribution in [1.82, 2.24) is 9.88 Å². The predicted octanol–water partition coefficient (Wildman–Crippen LogP) is 2.89. The molecular weight excluding hydrogens is 354 g/mol. The Balaban J connectivity index is 1.61. The van der Waals surface area contributed by atoms with Gasteiger partial charge < -0.3 is 20.3 Å². The second-order valence-electron chi connectivity index (χ2n) is 7.20. The molecule has 0 aliphatic carbocycles. The summed E-state index contributed by atoms with van der Waals surface area (Å²) in [6.45, 7) is 5.71. The number of carbonyl (C=O) groups is 2. The minimum absolute atomic E-state index is 0.0452. The molecule has 1 unspecified atom stereocenters. The average molecular weight is 379 g/mol. The number of nitrogens with zero attached hydrogens (tertiary/aromatic N) is 1. The number of aryl methyl sites for hydroxylation is 4. The number of amides is 2. The standard InChI is InChI=1S/C22H25N3O3/c1-13-9-14(2)20(15(3)10-13)24-22(28)21(27)23-12-19(26)17-5-6-18-16(11-17)7-8-25(18)4/h5-11,19,26H,12H2,1-4H3,(H,23,27)(H,24,28). The summed E-state index contributed by atoms with van der Waals surface area (Å²) in [5.74, 6) is -1.53. The van der Waals surface area contributed by atoms with E-state index in [-0.39, 0.29) is 6.54 Å². The van der Waals surface area contributed by atoms with Gasteiger partial charge in [0.25, 0.3) is 0 Å². The van der Waals surface area contributed by atoms with E-state index in [1.54, 1.807) is 0 Å². The number of rotatable bonds is 4. The third-order valence-corrected chi connectivity index (χ3v) is 4.87. The van der Waals surface area contributed by atoms with Crippen molar-refractivity contribution in [3.05, 3.63) is 64.8 Å². The van der Waals surface area contributed by atoms with Crippen LogP contribution in [0.15, 0.2) is 42.6 Å². The lowest BCUT2D eigenvalue weighted by atomic mass is 10.1. The minimum Gasteiger partial charge on any atom is -0.387 e. The van der Waals surface area contributed by atoms with Crippen LogP contribution in [0.2, 0.25) is 0 Å². The number of carbonyl (C=O) groups excluding carboxylic acids is 2. The van der Waals surface area contributed by atoms with Gasteiger partial charge in [-0.1, -0.05) is 23.8 Å². The molecule has 0 spiro atoms. The highest BCUT2D eigenvalue weighted by Gasteiger charge is 2.18. The number of benzene rings is 2. The summed E-state index contributed by atoms with van der Waals surface area (Å²) in [6, 6.07) is 11.5. The van der Waals surface area contributed by atoms with Gasteiger partial charge in [0, 0.05) is 31.0 Å². The topological polar surface area (TPSA) is 83.4 Å². The molecule has 1 aromatic heterocycles. The van der Waals surface area contributed by atoms with E-state index in [0.29, 0.717) is 11.3 Å². The highest BCUT2D eigenvalue weighted by Crippen LogP contribution is 2.22. The molecule has 0 aliphatic rings. The summed E-state index contributed by atoms with van der Waals surface area (Å²) in [7, 11) is 1.95. The van der Waals surface area contributed by atoms with Crippen molar-refractivity contribution < 1.29 is 14.7 Å². The van der Waals surface area contributed by atoms with E-state index in [1.165, 1.54) is 0 Å². The van der Waals surface area contributed by atoms with E-state index in [1.807, 2.05) is 75.0 Å². The maximum absolute atomic E-state index is 12.2. The van der Waals surface area contributed by atoms with Gasteiger partial charge in [0.15, 0.2) is 0 Å². The summed E-state index contributed by atoms with van der Waals surface area (Å²) in [4.78, 5) is 24.4. The van der Waals surface area contributed by atoms with Crippen LogP contribution in [0.25, 0.3) is 10.9 Å². The molecular formula is C22H25N3O3. The van der Waals surface area contributed by atoms with Gasteiger partial charge in [-0.3, -0.25) is 9.59 Å². The molecule has 1 atom stereocenters. The predicted molar refractivity (Wildman–Crippen MR) is 110 cm³/mol. The van der Waals surface area contributed by atoms with Crippen molar-refractivity contribution >= 4 is 28.4 Å². The van der Waals surface area contributed by atoms with Gasteiger partial charge in [-0.15, -0.1) is 0 Å². The van der Waals surface area contributed by atoms with Gasteiger partial charge in [-0.25, -0.2) is 0 Å². The number of aromatic nitrogens is 1. The first-order valence-electron chi connectivity index (χ1n) is 9.16. The normalized spacial score (nSPS) is 12.0. The lowest BCUT2D eigenvalue weighted by Crippen LogP contribution is -2.37. The van der Waals surface area contributed by atoms with Gasteiger partial charge in [-0.2, -0.15) is 0 Å². The Kier molecular flexibility index (Phi) is 5.51. The van der Waals surface area contributed by atoms with Crippen LogP contribution in [0.3, 0.4) is 0 Å². The van der Waals surface area contributed by atoms with Gasteiger partial charge in [0.05, 0.1) is 6.10 Å². The van der Waals surface area contributed by atoms with Crippen molar-refractivity contribution in [2.24, 2.45) is 7.05 Å². The molecule has 0 saturated carbocycles. The average Bonchev–Trinajstić information content (AvgIpc) is 3.02. The largest absolute Gasteiger partial charge is 0.387 e. The number of hydrogen-bond acceptors (Lipinski definition) is 3. The van der Waals surface area contributed by atoms with E-state index in [0.717, 1.165) is 27.6 Å². The third-order valence-electron chi connectivity index (χ3n) is 4.87. The number of fused-ring (bicyclic) bond motifs is 1. The number of hydrogen-bond donors (Lipinski definition) is 3. The molecule has 3 N–H and O–H groups in total. The fourth-order valence-electron chi connectivity index (χ4n) is 3.44. The van der Waals surface area contributed by atoms with Crippen molar-refractivity contribution in [3.63, 3.8) is 0 Å². The number of anilines is 1. The summed E-state index contributed by atoms with van der Waals surface area (Å²) in [6.07, 6.45) is 1.05. The number of nitrogens with one attached hydrogen (secondary N) is 2. The van der Waals surface area contributed by atoms with E-state index >= 15 is 0 Å². The van der Waals surface area contributed by atoms with Gasteiger partial charge in [0.1, 0.15) is 0 Å². The second kappa shape index (κ2) is 7.86. The molecule has 3 aromatic rings. The van der Waals surface area contributed by atoms with Crippen molar-refractivity contribution in [3.8, 4) is 0 Å². The summed E-state index contributed by atoms with van der Waals surface area (Å²) in [5, 5.41) is 16.5. The van der Waals surface area contributed by atoms with Crippen LogP contribution in [0.4, 0.5) is 5.69 Å². The lowest BCUT2D eigenvalue weighted by Gasteiger charge is -2.14. The van der Waals surface area contributed by atoms with Crippen molar-refractivity contribution in [1.29, 1.82) is 0 Å². The Morgan fingerprint density at radius 3 is 2.39 bits per heavy atom. The maximum Gasteiger partial charge on any atom is 0.313 e. The zero-order valence-corrected chi connectivity index (χ0v) is 16.5. The first-order valence-corrected chi connectivity index (χ1v) is 9.16. The molecule has 0 saturated heterocycles. The molecule has 6 nitrogen and oxygen atoms in total. The molecule has 0 fully saturated rings. The van der Waals surface area contributed by atoms with Gasteiger partial charge in [-0.05, 0) is 61.0 Å². The van der Waals surface area contributed by atoms with Gasteiger partial charge in [0.2, 0.25) is 0 Å². The molecule has 3 rings (SSSR count). The van der Waals surface area contributed by atoms with Crippen LogP contribution in [-0.4, -0.2) is 28.0 Å². The number of aliphatic hydroxyl groups is 1. The number of aliphatic hydroxyl groups excluding tert-OH is 1. The van der Waals surface area contributed by atoms with Crippen LogP contribution in [0, 0.1) is 20.8 Å². The minimum atomic E-state index is -0.899. The van der Waals surface area contributed by atoms with Crippen molar-refractivity contribution in [2.45, 2.75) is 26.9 Å². The summed E-state index contributed by atoms with van der Waals surface area (Å²) in [5.41, 5.74) is 5.27. The molecule has 6 heteroatoms. The molecule has 0 bridgehead atoms. The lowest BCUT2D eigenvalue weighted by molar-refractivity contribution is -0.136. The summed E-state index contributed by atoms with van der Waals surface area (Å²) >= 11 is 0. The molecule has 1 heterocycles. The first-order chi connectivity index (χ1) is 13.3. The molecule has 0 radical (unpaired) electrons. The highest BCUT2D eigenvalue weighted by atomic mass is 16.3. The molecule has 0 aliphatic heterocycles. The van der Waals surface area contributed by atoms with Crippen molar-refractivity contribution in [2.75, 3.05) is 11.9 Å². The maximum atomic E-state index is 12.2. The molecule has 146 valence electrons.